The van der Waals surface area contributed by atoms with E-state index in [1.807, 2.05) is 12.1 Å². The summed E-state index contributed by atoms with van der Waals surface area (Å²) in [6.45, 7) is 2.67. The topological polar surface area (TPSA) is 52.6 Å². The van der Waals surface area contributed by atoms with Crippen molar-refractivity contribution in [2.24, 2.45) is 0 Å². The maximum absolute atomic E-state index is 11.2. The summed E-state index contributed by atoms with van der Waals surface area (Å²) in [6.07, 6.45) is 0. The van der Waals surface area contributed by atoms with Gasteiger partial charge in [-0.2, -0.15) is 0 Å². The standard InChI is InChI=1S/C14H10I2O4/c1-7(17)19-12-5-10(15)3-9-4-11(16)6-13(14(9)12)20-8(2)18/h3-6H,1-2H3. The second-order valence-electron chi connectivity index (χ2n) is 4.09. The number of esters is 2. The average molecular weight is 496 g/mol. The molecule has 2 rings (SSSR count). The van der Waals surface area contributed by atoms with E-state index in [1.165, 1.54) is 13.8 Å². The monoisotopic (exact) mass is 496 g/mol. The van der Waals surface area contributed by atoms with Crippen LogP contribution in [0, 0.1) is 7.14 Å². The molecule has 2 aromatic carbocycles. The van der Waals surface area contributed by atoms with Crippen LogP contribution < -0.4 is 9.47 Å². The Morgan fingerprint density at radius 1 is 0.850 bits per heavy atom. The number of hydrogen-bond donors (Lipinski definition) is 0. The third kappa shape index (κ3) is 3.60. The van der Waals surface area contributed by atoms with E-state index in [0.717, 1.165) is 12.5 Å². The largest absolute Gasteiger partial charge is 0.426 e. The van der Waals surface area contributed by atoms with Crippen LogP contribution in [0.15, 0.2) is 24.3 Å². The van der Waals surface area contributed by atoms with Crippen LogP contribution in [0.4, 0.5) is 0 Å². The molecule has 0 N–H and O–H groups in total. The normalized spacial score (nSPS) is 10.4. The molecule has 0 saturated heterocycles. The minimum atomic E-state index is -0.416. The van der Waals surface area contributed by atoms with Crippen LogP contribution in [-0.2, 0) is 9.59 Å². The van der Waals surface area contributed by atoms with Crippen molar-refractivity contribution >= 4 is 67.9 Å². The van der Waals surface area contributed by atoms with Gasteiger partial charge in [-0.1, -0.05) is 0 Å². The second-order valence-corrected chi connectivity index (χ2v) is 6.58. The summed E-state index contributed by atoms with van der Waals surface area (Å²) in [7, 11) is 0. The van der Waals surface area contributed by atoms with Gasteiger partial charge in [0, 0.05) is 21.0 Å². The lowest BCUT2D eigenvalue weighted by molar-refractivity contribution is -0.132. The van der Waals surface area contributed by atoms with Gasteiger partial charge in [-0.3, -0.25) is 9.59 Å². The first-order valence-corrected chi connectivity index (χ1v) is 7.82. The Balaban J connectivity index is 2.76. The molecule has 0 aliphatic rings. The predicted molar refractivity (Wildman–Crippen MR) is 92.0 cm³/mol. The van der Waals surface area contributed by atoms with E-state index in [2.05, 4.69) is 45.2 Å². The van der Waals surface area contributed by atoms with Crippen LogP contribution in [0.5, 0.6) is 11.5 Å². The molecule has 0 bridgehead atoms. The molecule has 0 unspecified atom stereocenters. The van der Waals surface area contributed by atoms with Crippen molar-refractivity contribution in [3.05, 3.63) is 31.4 Å². The van der Waals surface area contributed by atoms with Crippen LogP contribution in [0.25, 0.3) is 10.8 Å². The van der Waals surface area contributed by atoms with E-state index in [-0.39, 0.29) is 0 Å². The van der Waals surface area contributed by atoms with Crippen LogP contribution in [-0.4, -0.2) is 11.9 Å². The predicted octanol–water partition coefficient (Wildman–Crippen LogP) is 3.90. The van der Waals surface area contributed by atoms with E-state index in [4.69, 9.17) is 9.47 Å². The van der Waals surface area contributed by atoms with Gasteiger partial charge in [-0.25, -0.2) is 0 Å². The number of ether oxygens (including phenoxy) is 2. The lowest BCUT2D eigenvalue weighted by Gasteiger charge is -2.12. The molecule has 20 heavy (non-hydrogen) atoms. The summed E-state index contributed by atoms with van der Waals surface area (Å²) in [5, 5.41) is 1.48. The van der Waals surface area contributed by atoms with Gasteiger partial charge < -0.3 is 9.47 Å². The van der Waals surface area contributed by atoms with Crippen molar-refractivity contribution in [2.45, 2.75) is 13.8 Å². The highest BCUT2D eigenvalue weighted by atomic mass is 127. The maximum Gasteiger partial charge on any atom is 0.308 e. The van der Waals surface area contributed by atoms with Gasteiger partial charge in [-0.15, -0.1) is 0 Å². The Labute approximate surface area is 143 Å². The Morgan fingerprint density at radius 3 is 1.60 bits per heavy atom. The first-order chi connectivity index (χ1) is 9.36. The number of fused-ring (bicyclic) bond motifs is 1. The van der Waals surface area contributed by atoms with Crippen LogP contribution in [0.1, 0.15) is 13.8 Å². The molecule has 6 heteroatoms. The van der Waals surface area contributed by atoms with E-state index in [9.17, 15) is 9.59 Å². The highest BCUT2D eigenvalue weighted by Crippen LogP contribution is 2.37. The summed E-state index contributed by atoms with van der Waals surface area (Å²) in [6, 6.07) is 7.37. The van der Waals surface area contributed by atoms with Gasteiger partial charge in [0.05, 0.1) is 5.39 Å². The van der Waals surface area contributed by atoms with Crippen LogP contribution in [0.3, 0.4) is 0 Å². The van der Waals surface area contributed by atoms with Crippen molar-refractivity contribution in [1.82, 2.24) is 0 Å². The Bertz CT molecular complexity index is 653. The van der Waals surface area contributed by atoms with Crippen molar-refractivity contribution < 1.29 is 19.1 Å². The molecule has 0 aliphatic heterocycles. The zero-order valence-electron chi connectivity index (χ0n) is 10.7. The molecule has 0 aromatic heterocycles. The van der Waals surface area contributed by atoms with Gasteiger partial charge in [-0.05, 0) is 74.8 Å². The number of carbonyl (C=O) groups excluding carboxylic acids is 2. The molecule has 0 saturated carbocycles. The molecule has 2 aromatic rings. The van der Waals surface area contributed by atoms with Gasteiger partial charge in [0.25, 0.3) is 0 Å². The molecule has 0 radical (unpaired) electrons. The summed E-state index contributed by atoms with van der Waals surface area (Å²) in [5.74, 6) is -0.0413. The van der Waals surface area contributed by atoms with Gasteiger partial charge in [0.1, 0.15) is 11.5 Å². The van der Waals surface area contributed by atoms with Crippen molar-refractivity contribution in [1.29, 1.82) is 0 Å². The van der Waals surface area contributed by atoms with Gasteiger partial charge in [0.15, 0.2) is 0 Å². The van der Waals surface area contributed by atoms with Crippen LogP contribution in [0.2, 0.25) is 0 Å². The Hall–Kier alpha value is -0.900. The summed E-state index contributed by atoms with van der Waals surface area (Å²) in [5.41, 5.74) is 0. The zero-order chi connectivity index (χ0) is 14.9. The molecule has 4 nitrogen and oxygen atoms in total. The molecule has 0 aliphatic carbocycles. The molecule has 0 spiro atoms. The number of rotatable bonds is 2. The quantitative estimate of drug-likeness (QED) is 0.360. The van der Waals surface area contributed by atoms with Crippen LogP contribution >= 0.6 is 45.2 Å². The molecule has 0 fully saturated rings. The molecule has 0 amide bonds. The first kappa shape index (κ1) is 15.5. The molecular weight excluding hydrogens is 486 g/mol. The van der Waals surface area contributed by atoms with Crippen molar-refractivity contribution in [3.8, 4) is 11.5 Å². The Morgan fingerprint density at radius 2 is 1.25 bits per heavy atom. The van der Waals surface area contributed by atoms with Crippen molar-refractivity contribution in [2.75, 3.05) is 0 Å². The van der Waals surface area contributed by atoms with Crippen molar-refractivity contribution in [3.63, 3.8) is 0 Å². The minimum Gasteiger partial charge on any atom is -0.426 e. The average Bonchev–Trinajstić information content (AvgIpc) is 2.24. The highest BCUT2D eigenvalue weighted by molar-refractivity contribution is 14.1. The Kier molecular flexibility index (Phi) is 4.84. The number of benzene rings is 2. The molecule has 0 heterocycles. The number of hydrogen-bond acceptors (Lipinski definition) is 4. The minimum absolute atomic E-state index is 0.395. The molecule has 0 atom stereocenters. The maximum atomic E-state index is 11.2. The van der Waals surface area contributed by atoms with E-state index in [1.54, 1.807) is 12.1 Å². The second kappa shape index (κ2) is 6.25. The first-order valence-electron chi connectivity index (χ1n) is 5.66. The lowest BCUT2D eigenvalue weighted by atomic mass is 10.1. The zero-order valence-corrected chi connectivity index (χ0v) is 15.0. The van der Waals surface area contributed by atoms with Gasteiger partial charge >= 0.3 is 11.9 Å². The number of halogens is 2. The van der Waals surface area contributed by atoms with E-state index < -0.39 is 11.9 Å². The van der Waals surface area contributed by atoms with E-state index in [0.29, 0.717) is 16.9 Å². The summed E-state index contributed by atoms with van der Waals surface area (Å²) in [4.78, 5) is 22.5. The van der Waals surface area contributed by atoms with E-state index >= 15 is 0 Å². The SMILES string of the molecule is CC(=O)Oc1cc(I)cc2cc(I)cc(OC(C)=O)c12. The third-order valence-electron chi connectivity index (χ3n) is 2.41. The summed E-state index contributed by atoms with van der Waals surface area (Å²) < 4.78 is 12.3. The fourth-order valence-corrected chi connectivity index (χ4v) is 3.07. The fourth-order valence-electron chi connectivity index (χ4n) is 1.84. The van der Waals surface area contributed by atoms with Gasteiger partial charge in [0.2, 0.25) is 0 Å². The third-order valence-corrected chi connectivity index (χ3v) is 3.66. The number of carbonyl (C=O) groups is 2. The molecular formula is C14H10I2O4. The lowest BCUT2D eigenvalue weighted by Crippen LogP contribution is -2.05. The fraction of sp³-hybridized carbons (Fsp3) is 0.143. The summed E-state index contributed by atoms with van der Waals surface area (Å²) >= 11 is 4.30. The highest BCUT2D eigenvalue weighted by Gasteiger charge is 2.14. The molecule has 104 valence electrons. The smallest absolute Gasteiger partial charge is 0.308 e.